The Morgan fingerprint density at radius 2 is 1.83 bits per heavy atom. The third-order valence-electron chi connectivity index (χ3n) is 3.40. The first-order valence-electron chi connectivity index (χ1n) is 6.94. The van der Waals surface area contributed by atoms with E-state index in [1.165, 1.54) is 37.4 Å². The number of alkyl halides is 3. The average Bonchev–Trinajstić information content (AvgIpc) is 2.52. The summed E-state index contributed by atoms with van der Waals surface area (Å²) < 4.78 is 69.9. The monoisotopic (exact) mass is 359 g/mol. The number of methoxy groups -OCH3 is 1. The van der Waals surface area contributed by atoms with Gasteiger partial charge in [0.15, 0.2) is 0 Å². The molecule has 0 bridgehead atoms. The van der Waals surface area contributed by atoms with Crippen LogP contribution in [-0.2, 0) is 22.7 Å². The fourth-order valence-electron chi connectivity index (χ4n) is 2.14. The van der Waals surface area contributed by atoms with Crippen molar-refractivity contribution in [1.29, 1.82) is 0 Å². The van der Waals surface area contributed by atoms with Gasteiger partial charge in [-0.1, -0.05) is 18.2 Å². The van der Waals surface area contributed by atoms with Crippen molar-refractivity contribution in [2.75, 3.05) is 7.11 Å². The van der Waals surface area contributed by atoms with Crippen molar-refractivity contribution >= 4 is 10.0 Å². The Morgan fingerprint density at radius 1 is 1.12 bits per heavy atom. The molecule has 130 valence electrons. The van der Waals surface area contributed by atoms with Crippen LogP contribution < -0.4 is 9.46 Å². The molecular formula is C16H16F3NO3S. The molecule has 0 radical (unpaired) electrons. The first kappa shape index (κ1) is 18.3. The van der Waals surface area contributed by atoms with E-state index in [-0.39, 0.29) is 17.0 Å². The van der Waals surface area contributed by atoms with Gasteiger partial charge in [-0.2, -0.15) is 13.2 Å². The van der Waals surface area contributed by atoms with E-state index in [2.05, 4.69) is 4.72 Å². The maximum atomic E-state index is 12.7. The molecule has 2 aromatic rings. The summed E-state index contributed by atoms with van der Waals surface area (Å²) >= 11 is 0. The van der Waals surface area contributed by atoms with Gasteiger partial charge in [-0.25, -0.2) is 13.1 Å². The zero-order chi connectivity index (χ0) is 18.0. The smallest absolute Gasteiger partial charge is 0.416 e. The van der Waals surface area contributed by atoms with E-state index in [9.17, 15) is 21.6 Å². The van der Waals surface area contributed by atoms with Gasteiger partial charge in [0.2, 0.25) is 10.0 Å². The summed E-state index contributed by atoms with van der Waals surface area (Å²) in [5.41, 5.74) is 0.0394. The van der Waals surface area contributed by atoms with E-state index in [0.717, 1.165) is 12.1 Å². The summed E-state index contributed by atoms with van der Waals surface area (Å²) in [5.74, 6) is 0.548. The minimum atomic E-state index is -4.47. The maximum absolute atomic E-state index is 12.7. The van der Waals surface area contributed by atoms with Crippen molar-refractivity contribution in [3.05, 3.63) is 59.2 Å². The van der Waals surface area contributed by atoms with Crippen LogP contribution in [0.2, 0.25) is 0 Å². The number of hydrogen-bond acceptors (Lipinski definition) is 3. The van der Waals surface area contributed by atoms with Crippen molar-refractivity contribution in [1.82, 2.24) is 4.72 Å². The molecule has 0 aliphatic rings. The molecule has 0 saturated heterocycles. The molecule has 0 aromatic heterocycles. The van der Waals surface area contributed by atoms with Crippen LogP contribution in [-0.4, -0.2) is 15.5 Å². The lowest BCUT2D eigenvalue weighted by molar-refractivity contribution is -0.137. The van der Waals surface area contributed by atoms with Gasteiger partial charge in [0.25, 0.3) is 0 Å². The Balaban J connectivity index is 2.17. The SMILES string of the molecule is COc1ccc(S(=O)(=O)NCc2cccc(C(F)(F)F)c2)cc1C. The van der Waals surface area contributed by atoms with E-state index in [1.54, 1.807) is 6.92 Å². The molecule has 24 heavy (non-hydrogen) atoms. The van der Waals surface area contributed by atoms with Gasteiger partial charge in [0.05, 0.1) is 17.6 Å². The van der Waals surface area contributed by atoms with Gasteiger partial charge in [-0.3, -0.25) is 0 Å². The molecular weight excluding hydrogens is 343 g/mol. The average molecular weight is 359 g/mol. The lowest BCUT2D eigenvalue weighted by Gasteiger charge is -2.11. The quantitative estimate of drug-likeness (QED) is 0.889. The Morgan fingerprint density at radius 3 is 2.42 bits per heavy atom. The summed E-state index contributed by atoms with van der Waals surface area (Å²) in [5, 5.41) is 0. The second-order valence-electron chi connectivity index (χ2n) is 5.15. The van der Waals surface area contributed by atoms with Gasteiger partial charge in [0.1, 0.15) is 5.75 Å². The predicted molar refractivity (Wildman–Crippen MR) is 83.2 cm³/mol. The molecule has 0 aliphatic carbocycles. The third-order valence-corrected chi connectivity index (χ3v) is 4.80. The highest BCUT2D eigenvalue weighted by Crippen LogP contribution is 2.29. The van der Waals surface area contributed by atoms with Crippen molar-refractivity contribution < 1.29 is 26.3 Å². The molecule has 4 nitrogen and oxygen atoms in total. The second kappa shape index (κ2) is 6.82. The summed E-state index contributed by atoms with van der Waals surface area (Å²) in [6, 6.07) is 8.86. The molecule has 0 aliphatic heterocycles. The third kappa shape index (κ3) is 4.27. The molecule has 0 saturated carbocycles. The molecule has 8 heteroatoms. The Kier molecular flexibility index (Phi) is 5.19. The van der Waals surface area contributed by atoms with Gasteiger partial charge in [-0.15, -0.1) is 0 Å². The zero-order valence-corrected chi connectivity index (χ0v) is 13.8. The topological polar surface area (TPSA) is 55.4 Å². The summed E-state index contributed by atoms with van der Waals surface area (Å²) in [7, 11) is -2.37. The van der Waals surface area contributed by atoms with Crippen LogP contribution >= 0.6 is 0 Å². The first-order chi connectivity index (χ1) is 11.1. The number of nitrogens with one attached hydrogen (secondary N) is 1. The number of sulfonamides is 1. The highest BCUT2D eigenvalue weighted by molar-refractivity contribution is 7.89. The lowest BCUT2D eigenvalue weighted by Crippen LogP contribution is -2.23. The van der Waals surface area contributed by atoms with E-state index >= 15 is 0 Å². The largest absolute Gasteiger partial charge is 0.496 e. The van der Waals surface area contributed by atoms with Crippen LogP contribution in [0.4, 0.5) is 13.2 Å². The fraction of sp³-hybridized carbons (Fsp3) is 0.250. The van der Waals surface area contributed by atoms with Gasteiger partial charge >= 0.3 is 6.18 Å². The summed E-state index contributed by atoms with van der Waals surface area (Å²) in [6.45, 7) is 1.46. The lowest BCUT2D eigenvalue weighted by atomic mass is 10.1. The number of ether oxygens (including phenoxy) is 1. The van der Waals surface area contributed by atoms with E-state index in [0.29, 0.717) is 11.3 Å². The molecule has 0 spiro atoms. The van der Waals surface area contributed by atoms with Crippen molar-refractivity contribution in [3.8, 4) is 5.75 Å². The Bertz CT molecular complexity index is 833. The highest BCUT2D eigenvalue weighted by Gasteiger charge is 2.30. The predicted octanol–water partition coefficient (Wildman–Crippen LogP) is 3.50. The van der Waals surface area contributed by atoms with E-state index < -0.39 is 21.8 Å². The number of hydrogen-bond donors (Lipinski definition) is 1. The molecule has 0 atom stereocenters. The van der Waals surface area contributed by atoms with Crippen molar-refractivity contribution in [2.45, 2.75) is 24.5 Å². The number of aryl methyl sites for hydroxylation is 1. The standard InChI is InChI=1S/C16H16F3NO3S/c1-11-8-14(6-7-15(11)23-2)24(21,22)20-10-12-4-3-5-13(9-12)16(17,18)19/h3-9,20H,10H2,1-2H3. The van der Waals surface area contributed by atoms with Crippen LogP contribution in [0.15, 0.2) is 47.4 Å². The van der Waals surface area contributed by atoms with Crippen LogP contribution in [0, 0.1) is 6.92 Å². The van der Waals surface area contributed by atoms with Gasteiger partial charge in [-0.05, 0) is 42.3 Å². The van der Waals surface area contributed by atoms with Crippen LogP contribution in [0.3, 0.4) is 0 Å². The molecule has 2 aromatic carbocycles. The molecule has 0 unspecified atom stereocenters. The zero-order valence-electron chi connectivity index (χ0n) is 13.0. The van der Waals surface area contributed by atoms with E-state index in [1.807, 2.05) is 0 Å². The second-order valence-corrected chi connectivity index (χ2v) is 6.92. The first-order valence-corrected chi connectivity index (χ1v) is 8.42. The molecule has 0 heterocycles. The Hall–Kier alpha value is -2.06. The van der Waals surface area contributed by atoms with Crippen molar-refractivity contribution in [2.24, 2.45) is 0 Å². The maximum Gasteiger partial charge on any atom is 0.416 e. The number of halogens is 3. The number of rotatable bonds is 5. The van der Waals surface area contributed by atoms with Gasteiger partial charge < -0.3 is 4.74 Å². The van der Waals surface area contributed by atoms with Crippen molar-refractivity contribution in [3.63, 3.8) is 0 Å². The van der Waals surface area contributed by atoms with Crippen LogP contribution in [0.5, 0.6) is 5.75 Å². The molecule has 0 amide bonds. The molecule has 1 N–H and O–H groups in total. The minimum Gasteiger partial charge on any atom is -0.496 e. The molecule has 0 fully saturated rings. The van der Waals surface area contributed by atoms with Gasteiger partial charge in [0, 0.05) is 6.54 Å². The summed E-state index contributed by atoms with van der Waals surface area (Å²) in [6.07, 6.45) is -4.47. The minimum absolute atomic E-state index is 0.0211. The Labute approximate surface area is 138 Å². The molecule has 2 rings (SSSR count). The summed E-state index contributed by atoms with van der Waals surface area (Å²) in [4.78, 5) is 0.0211. The fourth-order valence-corrected chi connectivity index (χ4v) is 3.24. The highest BCUT2D eigenvalue weighted by atomic mass is 32.2. The van der Waals surface area contributed by atoms with E-state index in [4.69, 9.17) is 4.74 Å². The number of benzene rings is 2. The van der Waals surface area contributed by atoms with Crippen LogP contribution in [0.1, 0.15) is 16.7 Å². The van der Waals surface area contributed by atoms with Crippen LogP contribution in [0.25, 0.3) is 0 Å². The normalized spacial score (nSPS) is 12.2.